The molecule has 0 unspecified atom stereocenters. The van der Waals surface area contributed by atoms with Gasteiger partial charge in [0.05, 0.1) is 45.0 Å². The summed E-state index contributed by atoms with van der Waals surface area (Å²) in [5.41, 5.74) is 1.14. The lowest BCUT2D eigenvalue weighted by Crippen LogP contribution is -2.40. The van der Waals surface area contributed by atoms with Gasteiger partial charge in [0.15, 0.2) is 11.5 Å². The van der Waals surface area contributed by atoms with Gasteiger partial charge in [0.1, 0.15) is 0 Å². The third-order valence-electron chi connectivity index (χ3n) is 7.12. The maximum absolute atomic E-state index is 13.2. The number of ether oxygens (including phenoxy) is 4. The fraction of sp³-hybridized carbons (Fsp3) is 0.345. The maximum Gasteiger partial charge on any atom is 0.328 e. The molecule has 0 aliphatic carbocycles. The minimum absolute atomic E-state index is 0.0264. The summed E-state index contributed by atoms with van der Waals surface area (Å²) in [6.07, 6.45) is 1.63. The number of aromatic nitrogens is 3. The molecule has 2 aromatic carbocycles. The van der Waals surface area contributed by atoms with Gasteiger partial charge in [-0.25, -0.2) is 0 Å². The van der Waals surface area contributed by atoms with Crippen LogP contribution in [-0.4, -0.2) is 90.7 Å². The number of carbonyl (C=O) groups is 2. The predicted octanol–water partition coefficient (Wildman–Crippen LogP) is 4.89. The minimum atomic E-state index is -0.438. The van der Waals surface area contributed by atoms with E-state index in [-0.39, 0.29) is 17.5 Å². The van der Waals surface area contributed by atoms with Crippen LogP contribution in [0, 0.1) is 0 Å². The Kier molecular flexibility index (Phi) is 9.38. The van der Waals surface area contributed by atoms with Crippen molar-refractivity contribution in [1.82, 2.24) is 19.9 Å². The molecule has 15 heteroatoms. The number of thioether (sulfide) groups is 1. The van der Waals surface area contributed by atoms with E-state index in [1.807, 2.05) is 9.80 Å². The van der Waals surface area contributed by atoms with E-state index in [0.717, 1.165) is 16.7 Å². The van der Waals surface area contributed by atoms with Crippen molar-refractivity contribution in [3.63, 3.8) is 0 Å². The van der Waals surface area contributed by atoms with Crippen molar-refractivity contribution >= 4 is 64.1 Å². The van der Waals surface area contributed by atoms with Crippen LogP contribution in [0.4, 0.5) is 16.7 Å². The van der Waals surface area contributed by atoms with Gasteiger partial charge in [0, 0.05) is 41.8 Å². The molecule has 12 nitrogen and oxygen atoms in total. The highest BCUT2D eigenvalue weighted by atomic mass is 35.5. The molecule has 6 rings (SSSR count). The van der Waals surface area contributed by atoms with Gasteiger partial charge in [0.2, 0.25) is 11.9 Å². The molecule has 0 bridgehead atoms. The summed E-state index contributed by atoms with van der Waals surface area (Å²) in [7, 11) is 1.51. The zero-order valence-corrected chi connectivity index (χ0v) is 26.0. The molecule has 1 aromatic heterocycles. The van der Waals surface area contributed by atoms with Crippen molar-refractivity contribution in [2.45, 2.75) is 6.54 Å². The lowest BCUT2D eigenvalue weighted by atomic mass is 10.1. The van der Waals surface area contributed by atoms with Crippen molar-refractivity contribution in [2.75, 3.05) is 69.5 Å². The number of imide groups is 1. The van der Waals surface area contributed by atoms with Crippen LogP contribution < -0.4 is 19.3 Å². The molecular formula is C29H28Cl2N6O6S. The molecule has 44 heavy (non-hydrogen) atoms. The molecule has 4 heterocycles. The molecule has 3 aliphatic rings. The fourth-order valence-electron chi connectivity index (χ4n) is 4.78. The summed E-state index contributed by atoms with van der Waals surface area (Å²) in [6, 6.07) is 10.3. The second kappa shape index (κ2) is 13.6. The second-order valence-corrected chi connectivity index (χ2v) is 11.7. The van der Waals surface area contributed by atoms with Crippen LogP contribution in [0.3, 0.4) is 0 Å². The van der Waals surface area contributed by atoms with Gasteiger partial charge in [-0.2, -0.15) is 15.0 Å². The van der Waals surface area contributed by atoms with Crippen molar-refractivity contribution in [3.8, 4) is 17.5 Å². The maximum atomic E-state index is 13.2. The molecule has 230 valence electrons. The first-order valence-electron chi connectivity index (χ1n) is 13.8. The first-order valence-corrected chi connectivity index (χ1v) is 15.4. The van der Waals surface area contributed by atoms with Gasteiger partial charge in [-0.3, -0.25) is 14.5 Å². The van der Waals surface area contributed by atoms with E-state index in [1.54, 1.807) is 42.5 Å². The van der Waals surface area contributed by atoms with Crippen molar-refractivity contribution in [1.29, 1.82) is 0 Å². The van der Waals surface area contributed by atoms with Crippen LogP contribution in [0.1, 0.15) is 11.1 Å². The number of hydrogen-bond acceptors (Lipinski definition) is 12. The molecule has 3 aliphatic heterocycles. The quantitative estimate of drug-likeness (QED) is 0.307. The number of hydrogen-bond donors (Lipinski definition) is 0. The van der Waals surface area contributed by atoms with E-state index in [2.05, 4.69) is 9.97 Å². The number of rotatable bonds is 8. The summed E-state index contributed by atoms with van der Waals surface area (Å²) in [5, 5.41) is 0.354. The zero-order valence-electron chi connectivity index (χ0n) is 23.7. The second-order valence-electron chi connectivity index (χ2n) is 9.90. The van der Waals surface area contributed by atoms with Gasteiger partial charge in [-0.15, -0.1) is 0 Å². The monoisotopic (exact) mass is 658 g/mol. The van der Waals surface area contributed by atoms with E-state index in [4.69, 9.17) is 47.1 Å². The first-order chi connectivity index (χ1) is 21.4. The van der Waals surface area contributed by atoms with Crippen molar-refractivity contribution in [2.24, 2.45) is 0 Å². The van der Waals surface area contributed by atoms with Crippen LogP contribution in [0.15, 0.2) is 41.3 Å². The highest BCUT2D eigenvalue weighted by molar-refractivity contribution is 8.18. The van der Waals surface area contributed by atoms with E-state index < -0.39 is 11.1 Å². The average molecular weight is 660 g/mol. The lowest BCUT2D eigenvalue weighted by molar-refractivity contribution is -0.123. The van der Waals surface area contributed by atoms with Gasteiger partial charge in [0.25, 0.3) is 11.1 Å². The summed E-state index contributed by atoms with van der Waals surface area (Å²) in [4.78, 5) is 45.2. The van der Waals surface area contributed by atoms with E-state index in [1.165, 1.54) is 7.11 Å². The van der Waals surface area contributed by atoms with Gasteiger partial charge in [-0.1, -0.05) is 35.3 Å². The number of benzene rings is 2. The highest BCUT2D eigenvalue weighted by Crippen LogP contribution is 2.38. The number of carbonyl (C=O) groups excluding carboxylic acids is 2. The van der Waals surface area contributed by atoms with E-state index in [0.29, 0.717) is 97.2 Å². The SMILES string of the molecule is COc1cc(/C=C2\SC(=O)N(Cc3c(Cl)cccc3Cl)C2=O)ccc1Oc1nc(N2CCOCC2)nc(N2CCOCC2)n1. The van der Waals surface area contributed by atoms with Crippen LogP contribution in [0.5, 0.6) is 17.5 Å². The Morgan fingerprint density at radius 1 is 0.886 bits per heavy atom. The largest absolute Gasteiger partial charge is 0.493 e. The Morgan fingerprint density at radius 3 is 2.09 bits per heavy atom. The van der Waals surface area contributed by atoms with E-state index in [9.17, 15) is 9.59 Å². The number of anilines is 2. The summed E-state index contributed by atoms with van der Waals surface area (Å²) in [5.74, 6) is 1.33. The molecule has 2 amide bonds. The number of amides is 2. The number of morpholine rings is 2. The van der Waals surface area contributed by atoms with Gasteiger partial charge < -0.3 is 28.7 Å². The van der Waals surface area contributed by atoms with Gasteiger partial charge in [-0.05, 0) is 47.7 Å². The molecule has 3 saturated heterocycles. The molecule has 0 saturated carbocycles. The smallest absolute Gasteiger partial charge is 0.328 e. The lowest BCUT2D eigenvalue weighted by Gasteiger charge is -2.30. The Morgan fingerprint density at radius 2 is 1.50 bits per heavy atom. The molecule has 0 spiro atoms. The summed E-state index contributed by atoms with van der Waals surface area (Å²) in [6.45, 7) is 4.91. The Hall–Kier alpha value is -3.62. The Bertz CT molecular complexity index is 1540. The summed E-state index contributed by atoms with van der Waals surface area (Å²) < 4.78 is 22.7. The minimum Gasteiger partial charge on any atom is -0.493 e. The standard InChI is InChI=1S/C29H28Cl2N6O6S/c1-40-23-15-18(16-24-25(38)37(29(39)44-24)17-19-20(30)3-2-4-21(19)31)5-6-22(23)43-28-33-26(35-7-11-41-12-8-35)32-27(34-28)36-9-13-42-14-10-36/h2-6,15-16H,7-14,17H2,1H3/b24-16-. The third kappa shape index (κ3) is 6.71. The molecule has 3 fully saturated rings. The molecular weight excluding hydrogens is 631 g/mol. The predicted molar refractivity (Wildman–Crippen MR) is 167 cm³/mol. The fourth-order valence-corrected chi connectivity index (χ4v) is 6.13. The Labute approximate surface area is 267 Å². The molecule has 0 N–H and O–H groups in total. The van der Waals surface area contributed by atoms with Crippen LogP contribution in [0.2, 0.25) is 10.0 Å². The Balaban J connectivity index is 1.23. The van der Waals surface area contributed by atoms with E-state index >= 15 is 0 Å². The molecule has 0 radical (unpaired) electrons. The van der Waals surface area contributed by atoms with Crippen molar-refractivity contribution in [3.05, 3.63) is 62.5 Å². The zero-order chi connectivity index (χ0) is 30.6. The summed E-state index contributed by atoms with van der Waals surface area (Å²) >= 11 is 13.4. The van der Waals surface area contributed by atoms with Crippen LogP contribution in [0.25, 0.3) is 6.08 Å². The van der Waals surface area contributed by atoms with Gasteiger partial charge >= 0.3 is 6.01 Å². The highest BCUT2D eigenvalue weighted by Gasteiger charge is 2.36. The number of halogens is 2. The topological polar surface area (TPSA) is 119 Å². The average Bonchev–Trinajstić information content (AvgIpc) is 3.31. The third-order valence-corrected chi connectivity index (χ3v) is 8.73. The molecule has 3 aromatic rings. The first kappa shape index (κ1) is 30.4. The molecule has 0 atom stereocenters. The number of nitrogens with zero attached hydrogens (tertiary/aromatic N) is 6. The normalized spacial score (nSPS) is 18.3. The van der Waals surface area contributed by atoms with Crippen LogP contribution >= 0.6 is 35.0 Å². The van der Waals surface area contributed by atoms with Crippen LogP contribution in [-0.2, 0) is 20.8 Å². The van der Waals surface area contributed by atoms with Crippen molar-refractivity contribution < 1.29 is 28.5 Å². The number of methoxy groups -OCH3 is 1.